The van der Waals surface area contributed by atoms with Gasteiger partial charge in [0.15, 0.2) is 21.6 Å². The van der Waals surface area contributed by atoms with Crippen molar-refractivity contribution in [2.24, 2.45) is 0 Å². The second-order valence-electron chi connectivity index (χ2n) is 10.3. The Morgan fingerprint density at radius 3 is 2.49 bits per heavy atom. The molecule has 0 aliphatic carbocycles. The Balaban J connectivity index is 1.47. The number of aliphatic hydroxyl groups is 1. The van der Waals surface area contributed by atoms with E-state index in [1.807, 2.05) is 26.8 Å². The van der Waals surface area contributed by atoms with Crippen molar-refractivity contribution < 1.29 is 24.2 Å². The van der Waals surface area contributed by atoms with E-state index in [1.54, 1.807) is 47.9 Å². The Bertz CT molecular complexity index is 1930. The minimum Gasteiger partial charge on any atom is -0.505 e. The van der Waals surface area contributed by atoms with Gasteiger partial charge in [-0.3, -0.25) is 18.9 Å². The fourth-order valence-electron chi connectivity index (χ4n) is 5.30. The molecule has 10 nitrogen and oxygen atoms in total. The fourth-order valence-corrected chi connectivity index (χ4v) is 7.12. The summed E-state index contributed by atoms with van der Waals surface area (Å²) in [7, 11) is 0. The molecular weight excluding hydrogens is 611 g/mol. The number of hydrogen-bond acceptors (Lipinski definition) is 10. The Labute approximate surface area is 268 Å². The summed E-state index contributed by atoms with van der Waals surface area (Å²) in [5.74, 6) is -0.322. The van der Waals surface area contributed by atoms with Gasteiger partial charge < -0.3 is 14.6 Å². The van der Waals surface area contributed by atoms with Crippen LogP contribution in [-0.2, 0) is 15.3 Å². The molecule has 12 heteroatoms. The minimum absolute atomic E-state index is 0.0792. The van der Waals surface area contributed by atoms with Crippen molar-refractivity contribution in [1.82, 2.24) is 19.6 Å². The highest BCUT2D eigenvalue weighted by molar-refractivity contribution is 8.00. The average molecular weight is 642 g/mol. The fraction of sp³-hybridized carbons (Fsp3) is 0.242. The number of carbonyl (C=O) groups excluding carboxylic acids is 2. The molecule has 0 saturated carbocycles. The van der Waals surface area contributed by atoms with Crippen LogP contribution in [0.3, 0.4) is 0 Å². The predicted octanol–water partition coefficient (Wildman–Crippen LogP) is 6.52. The van der Waals surface area contributed by atoms with Gasteiger partial charge in [-0.1, -0.05) is 65.1 Å². The molecule has 1 amide bonds. The van der Waals surface area contributed by atoms with Gasteiger partial charge >= 0.3 is 5.91 Å². The third-order valence-electron chi connectivity index (χ3n) is 7.34. The quantitative estimate of drug-likeness (QED) is 0.0598. The third-order valence-corrected chi connectivity index (χ3v) is 9.47. The highest BCUT2D eigenvalue weighted by Crippen LogP contribution is 2.46. The molecule has 1 saturated heterocycles. The Hall–Kier alpha value is -4.68. The van der Waals surface area contributed by atoms with E-state index in [-0.39, 0.29) is 16.5 Å². The molecule has 0 radical (unpaired) electrons. The number of ketones is 1. The lowest BCUT2D eigenvalue weighted by Gasteiger charge is -2.23. The van der Waals surface area contributed by atoms with Crippen LogP contribution in [0.5, 0.6) is 11.5 Å². The average Bonchev–Trinajstić information content (AvgIpc) is 3.71. The molecule has 0 spiro atoms. The lowest BCUT2D eigenvalue weighted by Crippen LogP contribution is -2.29. The summed E-state index contributed by atoms with van der Waals surface area (Å²) in [6, 6.07) is 17.9. The second-order valence-corrected chi connectivity index (χ2v) is 12.5. The number of aryl methyl sites for hydroxylation is 2. The standard InChI is InChI=1S/C33H31N5O5S2/c1-5-42-23-15-14-22(17-24(23)43-6-2)28-26(29(39)27-20(4)34-25-9-7-8-16-37(25)27)30(40)31(41)38(28)32-35-36-33(45-32)44-18-21-12-10-19(3)11-13-21/h7-17,28,39H,5-6,18H2,1-4H3. The number of ether oxygens (including phenoxy) is 2. The number of aromatic nitrogens is 4. The van der Waals surface area contributed by atoms with E-state index in [9.17, 15) is 14.7 Å². The van der Waals surface area contributed by atoms with Crippen molar-refractivity contribution in [2.45, 2.75) is 43.8 Å². The number of rotatable bonds is 10. The number of carbonyl (C=O) groups is 2. The van der Waals surface area contributed by atoms with Gasteiger partial charge in [0.2, 0.25) is 5.13 Å². The highest BCUT2D eigenvalue weighted by Gasteiger charge is 2.49. The van der Waals surface area contributed by atoms with E-state index in [0.717, 1.165) is 5.56 Å². The van der Waals surface area contributed by atoms with Gasteiger partial charge in [0.25, 0.3) is 5.78 Å². The number of fused-ring (bicyclic) bond motifs is 1. The van der Waals surface area contributed by atoms with Gasteiger partial charge in [-0.15, -0.1) is 10.2 Å². The molecular formula is C33H31N5O5S2. The number of aliphatic hydroxyl groups excluding tert-OH is 1. The summed E-state index contributed by atoms with van der Waals surface area (Å²) in [4.78, 5) is 33.5. The highest BCUT2D eigenvalue weighted by atomic mass is 32.2. The second kappa shape index (κ2) is 12.7. The molecule has 1 unspecified atom stereocenters. The van der Waals surface area contributed by atoms with Crippen LogP contribution in [0.1, 0.15) is 48.0 Å². The van der Waals surface area contributed by atoms with Crippen molar-refractivity contribution in [3.63, 3.8) is 0 Å². The normalized spacial score (nSPS) is 16.1. The van der Waals surface area contributed by atoms with Crippen LogP contribution in [0.15, 0.2) is 76.8 Å². The summed E-state index contributed by atoms with van der Waals surface area (Å²) >= 11 is 2.71. The first-order valence-corrected chi connectivity index (χ1v) is 16.3. The lowest BCUT2D eigenvalue weighted by atomic mass is 9.96. The number of pyridine rings is 1. The van der Waals surface area contributed by atoms with Crippen molar-refractivity contribution >= 4 is 51.3 Å². The number of thioether (sulfide) groups is 1. The monoisotopic (exact) mass is 641 g/mol. The molecule has 2 aromatic carbocycles. The van der Waals surface area contributed by atoms with Crippen LogP contribution in [0.4, 0.5) is 5.13 Å². The Kier molecular flexibility index (Phi) is 8.59. The first kappa shape index (κ1) is 30.4. The first-order valence-electron chi connectivity index (χ1n) is 14.5. The Morgan fingerprint density at radius 2 is 1.73 bits per heavy atom. The first-order chi connectivity index (χ1) is 21.8. The smallest absolute Gasteiger partial charge is 0.301 e. The predicted molar refractivity (Wildman–Crippen MR) is 174 cm³/mol. The number of nitrogens with zero attached hydrogens (tertiary/aromatic N) is 5. The molecule has 230 valence electrons. The summed E-state index contributed by atoms with van der Waals surface area (Å²) in [5.41, 5.74) is 4.21. The molecule has 1 aliphatic heterocycles. The maximum absolute atomic E-state index is 13.8. The van der Waals surface area contributed by atoms with Crippen LogP contribution in [0.25, 0.3) is 11.4 Å². The molecule has 1 atom stereocenters. The van der Waals surface area contributed by atoms with Gasteiger partial charge in [-0.2, -0.15) is 0 Å². The number of Topliss-reactive ketones (excluding diaryl/α,β-unsaturated/α-hetero) is 1. The van der Waals surface area contributed by atoms with Crippen molar-refractivity contribution in [2.75, 3.05) is 18.1 Å². The zero-order chi connectivity index (χ0) is 31.7. The van der Waals surface area contributed by atoms with E-state index in [2.05, 4.69) is 39.4 Å². The minimum atomic E-state index is -1.02. The number of anilines is 1. The van der Waals surface area contributed by atoms with E-state index >= 15 is 0 Å². The summed E-state index contributed by atoms with van der Waals surface area (Å²) < 4.78 is 14.0. The summed E-state index contributed by atoms with van der Waals surface area (Å²) in [6.45, 7) is 8.33. The van der Waals surface area contributed by atoms with Crippen LogP contribution in [0.2, 0.25) is 0 Å². The number of imidazole rings is 1. The van der Waals surface area contributed by atoms with E-state index in [1.165, 1.54) is 33.6 Å². The maximum atomic E-state index is 13.8. The van der Waals surface area contributed by atoms with E-state index < -0.39 is 17.7 Å². The molecule has 1 fully saturated rings. The Morgan fingerprint density at radius 1 is 0.978 bits per heavy atom. The zero-order valence-corrected chi connectivity index (χ0v) is 26.8. The molecule has 45 heavy (non-hydrogen) atoms. The number of hydrogen-bond donors (Lipinski definition) is 1. The third kappa shape index (κ3) is 5.78. The number of benzene rings is 2. The SMILES string of the molecule is CCOc1ccc(C2C(=C(O)c3c(C)nc4ccccn34)C(=O)C(=O)N2c2nnc(SCc3ccc(C)cc3)s2)cc1OCC. The molecule has 0 bridgehead atoms. The van der Waals surface area contributed by atoms with Crippen LogP contribution < -0.4 is 14.4 Å². The molecule has 5 aromatic rings. The molecule has 1 N–H and O–H groups in total. The van der Waals surface area contributed by atoms with Gasteiger partial charge in [0.05, 0.1) is 30.5 Å². The topological polar surface area (TPSA) is 119 Å². The van der Waals surface area contributed by atoms with Gasteiger partial charge in [0, 0.05) is 11.9 Å². The summed E-state index contributed by atoms with van der Waals surface area (Å²) in [6.07, 6.45) is 1.75. The van der Waals surface area contributed by atoms with Crippen molar-refractivity contribution in [3.8, 4) is 11.5 Å². The zero-order valence-electron chi connectivity index (χ0n) is 25.2. The van der Waals surface area contributed by atoms with E-state index in [0.29, 0.717) is 57.4 Å². The van der Waals surface area contributed by atoms with Crippen LogP contribution in [-0.4, -0.2) is 49.6 Å². The van der Waals surface area contributed by atoms with Crippen LogP contribution in [0, 0.1) is 13.8 Å². The van der Waals surface area contributed by atoms with Crippen molar-refractivity contribution in [1.29, 1.82) is 0 Å². The maximum Gasteiger partial charge on any atom is 0.301 e. The largest absolute Gasteiger partial charge is 0.505 e. The number of amides is 1. The van der Waals surface area contributed by atoms with Crippen molar-refractivity contribution in [3.05, 3.63) is 101 Å². The molecule has 1 aliphatic rings. The molecule has 3 aromatic heterocycles. The lowest BCUT2D eigenvalue weighted by molar-refractivity contribution is -0.132. The van der Waals surface area contributed by atoms with Gasteiger partial charge in [-0.05, 0) is 63.1 Å². The van der Waals surface area contributed by atoms with Crippen LogP contribution >= 0.6 is 23.1 Å². The van der Waals surface area contributed by atoms with Gasteiger partial charge in [0.1, 0.15) is 11.3 Å². The van der Waals surface area contributed by atoms with E-state index in [4.69, 9.17) is 9.47 Å². The molecule has 4 heterocycles. The molecule has 6 rings (SSSR count). The summed E-state index contributed by atoms with van der Waals surface area (Å²) in [5, 5.41) is 20.8. The van der Waals surface area contributed by atoms with Gasteiger partial charge in [-0.25, -0.2) is 4.98 Å².